The number of hydrogen-bond donors (Lipinski definition) is 1. The first kappa shape index (κ1) is 21.6. The van der Waals surface area contributed by atoms with Crippen molar-refractivity contribution in [2.75, 3.05) is 33.3 Å². The van der Waals surface area contributed by atoms with Gasteiger partial charge >= 0.3 is 0 Å². The minimum Gasteiger partial charge on any atom is -0.468 e. The second-order valence-electron chi connectivity index (χ2n) is 8.48. The first-order chi connectivity index (χ1) is 15.4. The Balaban J connectivity index is 1.48. The van der Waals surface area contributed by atoms with Crippen molar-refractivity contribution < 1.29 is 18.7 Å². The molecule has 1 aromatic heterocycles. The molecule has 0 aliphatic carbocycles. The number of carbonyl (C=O) groups excluding carboxylic acids is 2. The molecular formula is C23H23Cl2N3O4. The highest BCUT2D eigenvalue weighted by Crippen LogP contribution is 2.41. The minimum absolute atomic E-state index is 0.173. The highest BCUT2D eigenvalue weighted by atomic mass is 35.5. The molecule has 9 heteroatoms. The molecule has 3 aliphatic heterocycles. The van der Waals surface area contributed by atoms with E-state index in [1.165, 1.54) is 0 Å². The fourth-order valence-electron chi connectivity index (χ4n) is 4.82. The monoisotopic (exact) mass is 475 g/mol. The van der Waals surface area contributed by atoms with Crippen molar-refractivity contribution in [1.29, 1.82) is 0 Å². The molecule has 0 saturated carbocycles. The summed E-state index contributed by atoms with van der Waals surface area (Å²) in [6.07, 6.45) is 1.85. The minimum atomic E-state index is -0.639. The van der Waals surface area contributed by atoms with Crippen LogP contribution in [0.25, 0.3) is 0 Å². The smallest absolute Gasteiger partial charge is 0.258 e. The third-order valence-electron chi connectivity index (χ3n) is 6.66. The number of carbonyl (C=O) groups is 2. The molecule has 0 radical (unpaired) electrons. The average Bonchev–Trinajstić information content (AvgIpc) is 3.22. The van der Waals surface area contributed by atoms with Gasteiger partial charge in [-0.25, -0.2) is 4.99 Å². The maximum Gasteiger partial charge on any atom is 0.258 e. The van der Waals surface area contributed by atoms with Crippen LogP contribution in [-0.2, 0) is 16.0 Å². The van der Waals surface area contributed by atoms with Crippen LogP contribution in [0.15, 0.2) is 27.8 Å². The van der Waals surface area contributed by atoms with E-state index in [2.05, 4.69) is 10.3 Å². The number of methoxy groups -OCH3 is 1. The van der Waals surface area contributed by atoms with E-state index in [0.717, 1.165) is 29.8 Å². The maximum atomic E-state index is 13.6. The molecule has 5 rings (SSSR count). The Bertz CT molecular complexity index is 1140. The average molecular weight is 476 g/mol. The lowest BCUT2D eigenvalue weighted by Crippen LogP contribution is -2.46. The Morgan fingerprint density at radius 3 is 2.81 bits per heavy atom. The molecule has 168 valence electrons. The number of rotatable bonds is 5. The van der Waals surface area contributed by atoms with Gasteiger partial charge in [0.05, 0.1) is 28.7 Å². The van der Waals surface area contributed by atoms with Crippen LogP contribution in [0.1, 0.15) is 51.8 Å². The first-order valence-electron chi connectivity index (χ1n) is 10.6. The van der Waals surface area contributed by atoms with Gasteiger partial charge in [-0.3, -0.25) is 9.59 Å². The third-order valence-corrected chi connectivity index (χ3v) is 7.40. The van der Waals surface area contributed by atoms with Gasteiger partial charge in [0.15, 0.2) is 0 Å². The van der Waals surface area contributed by atoms with Gasteiger partial charge in [0.25, 0.3) is 11.8 Å². The van der Waals surface area contributed by atoms with Crippen LogP contribution in [0.3, 0.4) is 0 Å². The van der Waals surface area contributed by atoms with Gasteiger partial charge in [0.2, 0.25) is 0 Å². The molecule has 7 nitrogen and oxygen atoms in total. The quantitative estimate of drug-likeness (QED) is 0.713. The zero-order chi connectivity index (χ0) is 22.6. The Morgan fingerprint density at radius 1 is 1.34 bits per heavy atom. The number of benzene rings is 1. The lowest BCUT2D eigenvalue weighted by molar-refractivity contribution is -0.120. The lowest BCUT2D eigenvalue weighted by Gasteiger charge is -2.36. The Labute approximate surface area is 195 Å². The van der Waals surface area contributed by atoms with Crippen molar-refractivity contribution in [3.05, 3.63) is 56.5 Å². The summed E-state index contributed by atoms with van der Waals surface area (Å²) in [7, 11) is 1.64. The maximum absolute atomic E-state index is 13.6. The molecule has 3 aliphatic rings. The summed E-state index contributed by atoms with van der Waals surface area (Å²) in [5.41, 5.74) is 3.30. The van der Waals surface area contributed by atoms with E-state index < -0.39 is 5.92 Å². The normalized spacial score (nSPS) is 21.7. The van der Waals surface area contributed by atoms with E-state index in [1.54, 1.807) is 31.3 Å². The summed E-state index contributed by atoms with van der Waals surface area (Å²) in [5, 5.41) is 4.13. The molecule has 32 heavy (non-hydrogen) atoms. The molecule has 2 unspecified atom stereocenters. The van der Waals surface area contributed by atoms with E-state index in [9.17, 15) is 9.59 Å². The van der Waals surface area contributed by atoms with Crippen molar-refractivity contribution in [2.45, 2.75) is 25.4 Å². The summed E-state index contributed by atoms with van der Waals surface area (Å²) >= 11 is 13.4. The topological polar surface area (TPSA) is 84.1 Å². The van der Waals surface area contributed by atoms with Gasteiger partial charge in [-0.1, -0.05) is 23.2 Å². The molecule has 2 amide bonds. The van der Waals surface area contributed by atoms with Crippen molar-refractivity contribution in [3.8, 4) is 0 Å². The van der Waals surface area contributed by atoms with Crippen molar-refractivity contribution in [2.24, 2.45) is 10.9 Å². The summed E-state index contributed by atoms with van der Waals surface area (Å²) in [6, 6.07) is 3.62. The molecule has 1 aromatic carbocycles. The van der Waals surface area contributed by atoms with E-state index >= 15 is 0 Å². The van der Waals surface area contributed by atoms with E-state index in [4.69, 9.17) is 32.4 Å². The van der Waals surface area contributed by atoms with Crippen LogP contribution in [0.4, 0.5) is 0 Å². The number of amides is 2. The summed E-state index contributed by atoms with van der Waals surface area (Å²) in [6.45, 7) is 4.02. The molecule has 1 fully saturated rings. The molecular weight excluding hydrogens is 453 g/mol. The first-order valence-corrected chi connectivity index (χ1v) is 11.4. The fraction of sp³-hybridized carbons (Fsp3) is 0.435. The lowest BCUT2D eigenvalue weighted by atomic mass is 9.87. The number of fused-ring (bicyclic) bond motifs is 2. The molecule has 1 N–H and O–H groups in total. The summed E-state index contributed by atoms with van der Waals surface area (Å²) < 4.78 is 11.3. The zero-order valence-electron chi connectivity index (χ0n) is 17.8. The van der Waals surface area contributed by atoms with E-state index in [0.29, 0.717) is 40.0 Å². The van der Waals surface area contributed by atoms with Gasteiger partial charge in [-0.05, 0) is 31.0 Å². The number of nitrogens with zero attached hydrogens (tertiary/aromatic N) is 2. The number of nitrogens with one attached hydrogen (secondary N) is 1. The number of aliphatic imine (C=N–C) groups is 1. The van der Waals surface area contributed by atoms with Gasteiger partial charge in [0.1, 0.15) is 11.7 Å². The largest absolute Gasteiger partial charge is 0.468 e. The highest BCUT2D eigenvalue weighted by molar-refractivity contribution is 6.37. The molecule has 2 aromatic rings. The predicted molar refractivity (Wildman–Crippen MR) is 121 cm³/mol. The van der Waals surface area contributed by atoms with Gasteiger partial charge in [-0.2, -0.15) is 0 Å². The standard InChI is InChI=1S/C23H23Cl2N3O4/c1-11-13-4-6-32-21(13)16(22(29)27-11)10-28-5-3-14-17(24)7-15(19(25)18(14)23(28)30)20(31-2)12-8-26-9-12/h4,6-7,12,16,20,26H,3,5,8-10H2,1-2H3. The second-order valence-corrected chi connectivity index (χ2v) is 9.26. The Morgan fingerprint density at radius 2 is 2.12 bits per heavy atom. The van der Waals surface area contributed by atoms with Crippen LogP contribution < -0.4 is 5.32 Å². The van der Waals surface area contributed by atoms with Crippen molar-refractivity contribution in [1.82, 2.24) is 10.2 Å². The van der Waals surface area contributed by atoms with Gasteiger partial charge in [0, 0.05) is 55.4 Å². The fourth-order valence-corrected chi connectivity index (χ4v) is 5.49. The van der Waals surface area contributed by atoms with Gasteiger partial charge in [-0.15, -0.1) is 0 Å². The van der Waals surface area contributed by atoms with Crippen LogP contribution >= 0.6 is 23.2 Å². The molecule has 1 saturated heterocycles. The van der Waals surface area contributed by atoms with E-state index in [1.807, 2.05) is 6.07 Å². The molecule has 4 heterocycles. The third kappa shape index (κ3) is 3.39. The van der Waals surface area contributed by atoms with Crippen LogP contribution in [-0.4, -0.2) is 55.7 Å². The summed E-state index contributed by atoms with van der Waals surface area (Å²) in [4.78, 5) is 32.0. The summed E-state index contributed by atoms with van der Waals surface area (Å²) in [5.74, 6) is -0.373. The van der Waals surface area contributed by atoms with Crippen LogP contribution in [0.2, 0.25) is 10.0 Å². The predicted octanol–water partition coefficient (Wildman–Crippen LogP) is 3.62. The van der Waals surface area contributed by atoms with Crippen LogP contribution in [0.5, 0.6) is 0 Å². The van der Waals surface area contributed by atoms with Crippen molar-refractivity contribution >= 4 is 40.7 Å². The number of halogens is 2. The molecule has 0 bridgehead atoms. The second kappa shape index (κ2) is 8.30. The van der Waals surface area contributed by atoms with Crippen molar-refractivity contribution in [3.63, 3.8) is 0 Å². The SMILES string of the molecule is COC(c1cc(Cl)c2c(c1Cl)C(=O)N(CC1C(=O)N=C(C)c3ccoc31)CC2)C1CNC1. The Kier molecular flexibility index (Phi) is 5.61. The number of furan rings is 1. The number of hydrogen-bond acceptors (Lipinski definition) is 5. The molecule has 0 spiro atoms. The number of ether oxygens (including phenoxy) is 1. The molecule has 2 atom stereocenters. The van der Waals surface area contributed by atoms with E-state index in [-0.39, 0.29) is 30.4 Å². The highest BCUT2D eigenvalue weighted by Gasteiger charge is 2.39. The Hall–Kier alpha value is -2.19. The van der Waals surface area contributed by atoms with Gasteiger partial charge < -0.3 is 19.4 Å². The van der Waals surface area contributed by atoms with Crippen LogP contribution in [0, 0.1) is 5.92 Å². The zero-order valence-corrected chi connectivity index (χ0v) is 19.3.